The minimum absolute atomic E-state index is 0.239. The zero-order valence-corrected chi connectivity index (χ0v) is 15.3. The zero-order valence-electron chi connectivity index (χ0n) is 13.2. The number of hydroxylamine groups is 2. The number of piperidine rings is 1. The summed E-state index contributed by atoms with van der Waals surface area (Å²) in [5.74, 6) is -0.981. The summed E-state index contributed by atoms with van der Waals surface area (Å²) in [5.41, 5.74) is -0.758. The molecule has 0 aromatic heterocycles. The first-order chi connectivity index (χ1) is 10.0. The van der Waals surface area contributed by atoms with Crippen molar-refractivity contribution in [3.8, 4) is 0 Å². The molecular formula is C16H21FINO3. The molecule has 1 aromatic rings. The van der Waals surface area contributed by atoms with E-state index in [1.165, 1.54) is 17.2 Å². The third-order valence-corrected chi connectivity index (χ3v) is 4.96. The van der Waals surface area contributed by atoms with Gasteiger partial charge in [-0.15, -0.1) is 0 Å². The molecule has 1 aromatic carbocycles. The molecule has 1 heterocycles. The van der Waals surface area contributed by atoms with Gasteiger partial charge in [-0.1, -0.05) is 0 Å². The van der Waals surface area contributed by atoms with Crippen LogP contribution in [-0.4, -0.2) is 33.4 Å². The Labute approximate surface area is 143 Å². The SMILES string of the molecule is CC1(C)CC(OC(=O)c2cc(F)ccc2I)CC(C)(C)N1O. The molecule has 22 heavy (non-hydrogen) atoms. The molecule has 0 radical (unpaired) electrons. The first kappa shape index (κ1) is 17.6. The van der Waals surface area contributed by atoms with Crippen molar-refractivity contribution in [2.24, 2.45) is 0 Å². The van der Waals surface area contributed by atoms with Crippen molar-refractivity contribution < 1.29 is 19.1 Å². The molecule has 1 fully saturated rings. The summed E-state index contributed by atoms with van der Waals surface area (Å²) in [6, 6.07) is 4.06. The topological polar surface area (TPSA) is 49.8 Å². The van der Waals surface area contributed by atoms with E-state index < -0.39 is 22.9 Å². The van der Waals surface area contributed by atoms with Gasteiger partial charge in [0.15, 0.2) is 0 Å². The number of hydrogen-bond acceptors (Lipinski definition) is 4. The molecular weight excluding hydrogens is 400 g/mol. The summed E-state index contributed by atoms with van der Waals surface area (Å²) in [5, 5.41) is 11.6. The molecule has 0 aliphatic carbocycles. The van der Waals surface area contributed by atoms with Gasteiger partial charge >= 0.3 is 5.97 Å². The maximum Gasteiger partial charge on any atom is 0.339 e. The Bertz CT molecular complexity index is 571. The van der Waals surface area contributed by atoms with Crippen LogP contribution in [0.15, 0.2) is 18.2 Å². The van der Waals surface area contributed by atoms with Crippen molar-refractivity contribution in [2.75, 3.05) is 0 Å². The highest BCUT2D eigenvalue weighted by Gasteiger charge is 2.46. The fraction of sp³-hybridized carbons (Fsp3) is 0.562. The average Bonchev–Trinajstić information content (AvgIpc) is 2.38. The summed E-state index contributed by atoms with van der Waals surface area (Å²) in [4.78, 5) is 12.3. The fourth-order valence-electron chi connectivity index (χ4n) is 3.13. The van der Waals surface area contributed by atoms with Gasteiger partial charge in [-0.05, 0) is 68.5 Å². The molecule has 1 saturated heterocycles. The number of carbonyl (C=O) groups excluding carboxylic acids is 1. The first-order valence-corrected chi connectivity index (χ1v) is 8.26. The molecule has 1 aliphatic heterocycles. The van der Waals surface area contributed by atoms with Crippen molar-refractivity contribution in [1.82, 2.24) is 5.06 Å². The number of halogens is 2. The number of esters is 1. The van der Waals surface area contributed by atoms with Gasteiger partial charge in [0.25, 0.3) is 0 Å². The molecule has 4 nitrogen and oxygen atoms in total. The van der Waals surface area contributed by atoms with Crippen LogP contribution in [0.2, 0.25) is 0 Å². The van der Waals surface area contributed by atoms with E-state index in [1.807, 2.05) is 50.3 Å². The lowest BCUT2D eigenvalue weighted by Gasteiger charge is -2.50. The van der Waals surface area contributed by atoms with Gasteiger partial charge in [0.1, 0.15) is 11.9 Å². The van der Waals surface area contributed by atoms with Gasteiger partial charge < -0.3 is 9.94 Å². The summed E-state index contributed by atoms with van der Waals surface area (Å²) in [7, 11) is 0. The summed E-state index contributed by atoms with van der Waals surface area (Å²) < 4.78 is 19.6. The highest BCUT2D eigenvalue weighted by atomic mass is 127. The van der Waals surface area contributed by atoms with Crippen LogP contribution in [0.25, 0.3) is 0 Å². The lowest BCUT2D eigenvalue weighted by atomic mass is 9.80. The van der Waals surface area contributed by atoms with Crippen molar-refractivity contribution >= 4 is 28.6 Å². The lowest BCUT2D eigenvalue weighted by molar-refractivity contribution is -0.256. The largest absolute Gasteiger partial charge is 0.459 e. The second-order valence-electron chi connectivity index (χ2n) is 7.00. The third-order valence-electron chi connectivity index (χ3n) is 4.02. The van der Waals surface area contributed by atoms with Gasteiger partial charge in [-0.2, -0.15) is 5.06 Å². The smallest absolute Gasteiger partial charge is 0.339 e. The van der Waals surface area contributed by atoms with Gasteiger partial charge in [0.05, 0.1) is 5.56 Å². The second-order valence-corrected chi connectivity index (χ2v) is 8.16. The fourth-order valence-corrected chi connectivity index (χ4v) is 3.69. The summed E-state index contributed by atoms with van der Waals surface area (Å²) in [6.07, 6.45) is 0.717. The van der Waals surface area contributed by atoms with E-state index >= 15 is 0 Å². The van der Waals surface area contributed by atoms with Gasteiger partial charge in [0, 0.05) is 27.5 Å². The summed E-state index contributed by atoms with van der Waals surface area (Å²) in [6.45, 7) is 7.61. The molecule has 6 heteroatoms. The molecule has 122 valence electrons. The van der Waals surface area contributed by atoms with E-state index in [2.05, 4.69) is 0 Å². The van der Waals surface area contributed by atoms with E-state index in [0.717, 1.165) is 0 Å². The molecule has 0 spiro atoms. The Hall–Kier alpha value is -0.730. The predicted octanol–water partition coefficient (Wildman–Crippen LogP) is 4.00. The molecule has 0 amide bonds. The predicted molar refractivity (Wildman–Crippen MR) is 89.3 cm³/mol. The molecule has 2 rings (SSSR count). The quantitative estimate of drug-likeness (QED) is 0.580. The maximum absolute atomic E-state index is 13.3. The Kier molecular flexibility index (Phi) is 4.85. The Morgan fingerprint density at radius 2 is 1.86 bits per heavy atom. The van der Waals surface area contributed by atoms with Gasteiger partial charge in [-0.25, -0.2) is 9.18 Å². The Morgan fingerprint density at radius 1 is 1.32 bits per heavy atom. The van der Waals surface area contributed by atoms with Crippen LogP contribution in [0, 0.1) is 9.39 Å². The van der Waals surface area contributed by atoms with Gasteiger partial charge in [0.2, 0.25) is 0 Å². The van der Waals surface area contributed by atoms with Crippen LogP contribution in [0.1, 0.15) is 50.9 Å². The normalized spacial score (nSPS) is 21.6. The number of carbonyl (C=O) groups is 1. The Morgan fingerprint density at radius 3 is 2.41 bits per heavy atom. The highest BCUT2D eigenvalue weighted by Crippen LogP contribution is 2.38. The number of rotatable bonds is 2. The van der Waals surface area contributed by atoms with Crippen molar-refractivity contribution in [3.05, 3.63) is 33.1 Å². The van der Waals surface area contributed by atoms with Crippen LogP contribution in [-0.2, 0) is 4.74 Å². The first-order valence-electron chi connectivity index (χ1n) is 7.18. The van der Waals surface area contributed by atoms with Crippen LogP contribution in [0.3, 0.4) is 0 Å². The van der Waals surface area contributed by atoms with E-state index in [1.54, 1.807) is 6.07 Å². The molecule has 0 saturated carbocycles. The monoisotopic (exact) mass is 421 g/mol. The third kappa shape index (κ3) is 3.60. The van der Waals surface area contributed by atoms with Crippen molar-refractivity contribution in [3.63, 3.8) is 0 Å². The standard InChI is InChI=1S/C16H21FINO3/c1-15(2)8-11(9-16(3,4)19(15)21)22-14(20)12-7-10(17)5-6-13(12)18/h5-7,11,21H,8-9H2,1-4H3. The van der Waals surface area contributed by atoms with Crippen molar-refractivity contribution in [2.45, 2.75) is 57.7 Å². The maximum atomic E-state index is 13.3. The molecule has 1 N–H and O–H groups in total. The molecule has 0 unspecified atom stereocenters. The zero-order chi connectivity index (χ0) is 16.7. The Balaban J connectivity index is 2.17. The van der Waals surface area contributed by atoms with E-state index in [0.29, 0.717) is 16.4 Å². The number of ether oxygens (including phenoxy) is 1. The number of hydrogen-bond donors (Lipinski definition) is 1. The highest BCUT2D eigenvalue weighted by molar-refractivity contribution is 14.1. The van der Waals surface area contributed by atoms with Crippen molar-refractivity contribution in [1.29, 1.82) is 0 Å². The molecule has 0 atom stereocenters. The lowest BCUT2D eigenvalue weighted by Crippen LogP contribution is -2.60. The van der Waals surface area contributed by atoms with Crippen LogP contribution < -0.4 is 0 Å². The van der Waals surface area contributed by atoms with Crippen LogP contribution in [0.4, 0.5) is 4.39 Å². The van der Waals surface area contributed by atoms with Crippen LogP contribution in [0.5, 0.6) is 0 Å². The molecule has 1 aliphatic rings. The minimum Gasteiger partial charge on any atom is -0.459 e. The number of nitrogens with zero attached hydrogens (tertiary/aromatic N) is 1. The van der Waals surface area contributed by atoms with E-state index in [4.69, 9.17) is 4.74 Å². The van der Waals surface area contributed by atoms with E-state index in [9.17, 15) is 14.4 Å². The minimum atomic E-state index is -0.521. The number of benzene rings is 1. The summed E-state index contributed by atoms with van der Waals surface area (Å²) >= 11 is 1.99. The van der Waals surface area contributed by atoms with E-state index in [-0.39, 0.29) is 11.7 Å². The average molecular weight is 421 g/mol. The van der Waals surface area contributed by atoms with Gasteiger partial charge in [-0.3, -0.25) is 0 Å². The van der Waals surface area contributed by atoms with Crippen LogP contribution >= 0.6 is 22.6 Å². The molecule has 0 bridgehead atoms. The second kappa shape index (κ2) is 6.05.